The second-order valence-electron chi connectivity index (χ2n) is 3.00. The maximum Gasteiger partial charge on any atom is 0.165 e. The van der Waals surface area contributed by atoms with Gasteiger partial charge in [-0.15, -0.1) is 5.10 Å². The van der Waals surface area contributed by atoms with Crippen LogP contribution in [-0.4, -0.2) is 26.8 Å². The first-order chi connectivity index (χ1) is 6.38. The normalized spacial score (nSPS) is 10.6. The number of aromatic nitrogens is 4. The first kappa shape index (κ1) is 10.1. The average Bonchev–Trinajstić information content (AvgIpc) is 2.54. The Morgan fingerprint density at radius 2 is 2.15 bits per heavy atom. The smallest absolute Gasteiger partial charge is 0.165 e. The van der Waals surface area contributed by atoms with Gasteiger partial charge < -0.3 is 5.32 Å². The molecule has 0 aliphatic heterocycles. The molecule has 1 heterocycles. The van der Waals surface area contributed by atoms with Crippen LogP contribution in [0.1, 0.15) is 32.5 Å². The van der Waals surface area contributed by atoms with E-state index in [1.807, 2.05) is 4.68 Å². The predicted octanol–water partition coefficient (Wildman–Crippen LogP) is 0.583. The first-order valence-corrected chi connectivity index (χ1v) is 4.84. The zero-order valence-corrected chi connectivity index (χ0v) is 8.32. The number of nitrogens with zero attached hydrogens (tertiary/aromatic N) is 4. The monoisotopic (exact) mass is 183 g/mol. The molecule has 0 unspecified atom stereocenters. The van der Waals surface area contributed by atoms with E-state index in [2.05, 4.69) is 34.7 Å². The molecule has 0 spiro atoms. The van der Waals surface area contributed by atoms with Crippen LogP contribution in [0, 0.1) is 0 Å². The van der Waals surface area contributed by atoms with Crippen LogP contribution in [-0.2, 0) is 13.1 Å². The van der Waals surface area contributed by atoms with Gasteiger partial charge in [0.25, 0.3) is 0 Å². The maximum absolute atomic E-state index is 3.95. The van der Waals surface area contributed by atoms with Crippen LogP contribution in [0.4, 0.5) is 0 Å². The molecule has 1 N–H and O–H groups in total. The Hall–Kier alpha value is -0.970. The van der Waals surface area contributed by atoms with E-state index in [1.165, 1.54) is 0 Å². The molecule has 0 aromatic carbocycles. The van der Waals surface area contributed by atoms with Crippen molar-refractivity contribution in [3.05, 3.63) is 5.82 Å². The van der Waals surface area contributed by atoms with Gasteiger partial charge in [0.05, 0.1) is 6.54 Å². The third-order valence-electron chi connectivity index (χ3n) is 1.75. The van der Waals surface area contributed by atoms with Crippen molar-refractivity contribution < 1.29 is 0 Å². The largest absolute Gasteiger partial charge is 0.310 e. The molecule has 0 amide bonds. The standard InChI is InChI=1S/C8H17N5/c1-3-5-9-7-8-10-11-12-13(8)6-4-2/h9H,3-7H2,1-2H3. The molecular formula is C8H17N5. The van der Waals surface area contributed by atoms with Crippen LogP contribution >= 0.6 is 0 Å². The van der Waals surface area contributed by atoms with Crippen molar-refractivity contribution in [2.24, 2.45) is 0 Å². The molecule has 74 valence electrons. The van der Waals surface area contributed by atoms with Gasteiger partial charge >= 0.3 is 0 Å². The summed E-state index contributed by atoms with van der Waals surface area (Å²) in [6, 6.07) is 0. The number of nitrogens with one attached hydrogen (secondary N) is 1. The number of hydrogen-bond donors (Lipinski definition) is 1. The average molecular weight is 183 g/mol. The van der Waals surface area contributed by atoms with Crippen LogP contribution in [0.3, 0.4) is 0 Å². The number of hydrogen-bond acceptors (Lipinski definition) is 4. The number of tetrazole rings is 1. The Morgan fingerprint density at radius 3 is 2.85 bits per heavy atom. The molecular weight excluding hydrogens is 166 g/mol. The molecule has 0 radical (unpaired) electrons. The Labute approximate surface area is 78.5 Å². The zero-order valence-electron chi connectivity index (χ0n) is 8.32. The zero-order chi connectivity index (χ0) is 9.52. The third kappa shape index (κ3) is 3.10. The van der Waals surface area contributed by atoms with Crippen molar-refractivity contribution in [3.63, 3.8) is 0 Å². The quantitative estimate of drug-likeness (QED) is 0.655. The summed E-state index contributed by atoms with van der Waals surface area (Å²) in [4.78, 5) is 0. The molecule has 1 aromatic heterocycles. The summed E-state index contributed by atoms with van der Waals surface area (Å²) in [5, 5.41) is 14.8. The molecule has 13 heavy (non-hydrogen) atoms. The van der Waals surface area contributed by atoms with Crippen molar-refractivity contribution in [2.45, 2.75) is 39.8 Å². The highest BCUT2D eigenvalue weighted by Crippen LogP contribution is 1.93. The molecule has 0 aliphatic carbocycles. The Balaban J connectivity index is 2.40. The predicted molar refractivity (Wildman–Crippen MR) is 50.1 cm³/mol. The Bertz CT molecular complexity index is 232. The molecule has 0 saturated heterocycles. The van der Waals surface area contributed by atoms with Gasteiger partial charge in [0.15, 0.2) is 5.82 Å². The molecule has 0 aliphatic rings. The second-order valence-corrected chi connectivity index (χ2v) is 3.00. The lowest BCUT2D eigenvalue weighted by atomic mass is 10.4. The lowest BCUT2D eigenvalue weighted by molar-refractivity contribution is 0.534. The minimum absolute atomic E-state index is 0.765. The van der Waals surface area contributed by atoms with E-state index in [9.17, 15) is 0 Å². The summed E-state index contributed by atoms with van der Waals surface area (Å²) in [5.74, 6) is 0.926. The highest BCUT2D eigenvalue weighted by molar-refractivity contribution is 4.79. The Kier molecular flexibility index (Phi) is 4.39. The maximum atomic E-state index is 3.95. The summed E-state index contributed by atoms with van der Waals surface area (Å²) in [6.07, 6.45) is 2.20. The van der Waals surface area contributed by atoms with Gasteiger partial charge in [0.2, 0.25) is 0 Å². The van der Waals surface area contributed by atoms with Gasteiger partial charge in [-0.2, -0.15) is 0 Å². The van der Waals surface area contributed by atoms with E-state index < -0.39 is 0 Å². The van der Waals surface area contributed by atoms with Gasteiger partial charge in [-0.1, -0.05) is 13.8 Å². The van der Waals surface area contributed by atoms with Gasteiger partial charge in [0, 0.05) is 6.54 Å². The topological polar surface area (TPSA) is 55.6 Å². The van der Waals surface area contributed by atoms with E-state index >= 15 is 0 Å². The molecule has 5 nitrogen and oxygen atoms in total. The SMILES string of the molecule is CCCNCc1nnnn1CCC. The molecule has 0 fully saturated rings. The third-order valence-corrected chi connectivity index (χ3v) is 1.75. The van der Waals surface area contributed by atoms with Gasteiger partial charge in [-0.25, -0.2) is 4.68 Å². The van der Waals surface area contributed by atoms with E-state index in [0.29, 0.717) is 0 Å². The van der Waals surface area contributed by atoms with E-state index in [4.69, 9.17) is 0 Å². The highest BCUT2D eigenvalue weighted by Gasteiger charge is 2.02. The fraction of sp³-hybridized carbons (Fsp3) is 0.875. The molecule has 1 rings (SSSR count). The van der Waals surface area contributed by atoms with Crippen molar-refractivity contribution >= 4 is 0 Å². The summed E-state index contributed by atoms with van der Waals surface area (Å²) in [6.45, 7) is 6.93. The van der Waals surface area contributed by atoms with E-state index in [0.717, 1.165) is 38.3 Å². The summed E-state index contributed by atoms with van der Waals surface area (Å²) < 4.78 is 1.85. The van der Waals surface area contributed by atoms with Crippen LogP contribution < -0.4 is 5.32 Å². The summed E-state index contributed by atoms with van der Waals surface area (Å²) in [5.41, 5.74) is 0. The molecule has 0 saturated carbocycles. The molecule has 0 atom stereocenters. The van der Waals surface area contributed by atoms with Crippen LogP contribution in [0.2, 0.25) is 0 Å². The van der Waals surface area contributed by atoms with Crippen molar-refractivity contribution in [2.75, 3.05) is 6.54 Å². The first-order valence-electron chi connectivity index (χ1n) is 4.84. The van der Waals surface area contributed by atoms with Gasteiger partial charge in [0.1, 0.15) is 0 Å². The van der Waals surface area contributed by atoms with Crippen LogP contribution in [0.5, 0.6) is 0 Å². The summed E-state index contributed by atoms with van der Waals surface area (Å²) in [7, 11) is 0. The van der Waals surface area contributed by atoms with Crippen LogP contribution in [0.15, 0.2) is 0 Å². The van der Waals surface area contributed by atoms with Crippen molar-refractivity contribution in [1.29, 1.82) is 0 Å². The van der Waals surface area contributed by atoms with E-state index in [1.54, 1.807) is 0 Å². The highest BCUT2D eigenvalue weighted by atomic mass is 15.5. The van der Waals surface area contributed by atoms with Crippen molar-refractivity contribution in [1.82, 2.24) is 25.5 Å². The van der Waals surface area contributed by atoms with Crippen LogP contribution in [0.25, 0.3) is 0 Å². The number of aryl methyl sites for hydroxylation is 1. The fourth-order valence-corrected chi connectivity index (χ4v) is 1.11. The fourth-order valence-electron chi connectivity index (χ4n) is 1.11. The minimum Gasteiger partial charge on any atom is -0.310 e. The lowest BCUT2D eigenvalue weighted by Gasteiger charge is -2.03. The second kappa shape index (κ2) is 5.64. The molecule has 1 aromatic rings. The molecule has 0 bridgehead atoms. The lowest BCUT2D eigenvalue weighted by Crippen LogP contribution is -2.18. The van der Waals surface area contributed by atoms with Crippen molar-refractivity contribution in [3.8, 4) is 0 Å². The number of rotatable bonds is 6. The Morgan fingerprint density at radius 1 is 1.31 bits per heavy atom. The van der Waals surface area contributed by atoms with E-state index in [-0.39, 0.29) is 0 Å². The van der Waals surface area contributed by atoms with Gasteiger partial charge in [-0.05, 0) is 29.8 Å². The van der Waals surface area contributed by atoms with Gasteiger partial charge in [-0.3, -0.25) is 0 Å². The molecule has 5 heteroatoms. The summed E-state index contributed by atoms with van der Waals surface area (Å²) >= 11 is 0. The minimum atomic E-state index is 0.765.